The molecule has 0 aromatic rings. The zero-order valence-corrected chi connectivity index (χ0v) is 9.86. The van der Waals surface area contributed by atoms with Gasteiger partial charge in [0.25, 0.3) is 0 Å². The molecule has 0 bridgehead atoms. The van der Waals surface area contributed by atoms with Crippen LogP contribution in [0.15, 0.2) is 23.3 Å². The maximum atomic E-state index is 2.45. The van der Waals surface area contributed by atoms with Crippen LogP contribution in [0.3, 0.4) is 0 Å². The van der Waals surface area contributed by atoms with Crippen LogP contribution in [0.1, 0.15) is 38.5 Å². The Morgan fingerprint density at radius 1 is 0.750 bits per heavy atom. The number of hydrogen-bond donors (Lipinski definition) is 0. The van der Waals surface area contributed by atoms with Crippen molar-refractivity contribution >= 4 is 0 Å². The minimum atomic E-state index is 1.06. The Balaban J connectivity index is 1.50. The predicted molar refractivity (Wildman–Crippen MR) is 64.8 cm³/mol. The van der Waals surface area contributed by atoms with E-state index in [1.165, 1.54) is 25.7 Å². The van der Waals surface area contributed by atoms with E-state index in [9.17, 15) is 0 Å². The van der Waals surface area contributed by atoms with Crippen molar-refractivity contribution in [1.82, 2.24) is 0 Å². The summed E-state index contributed by atoms with van der Waals surface area (Å²) in [7, 11) is 0. The molecule has 5 rings (SSSR count). The summed E-state index contributed by atoms with van der Waals surface area (Å²) in [5.74, 6) is 6.55. The van der Waals surface area contributed by atoms with Crippen LogP contribution in [0.25, 0.3) is 0 Å². The summed E-state index contributed by atoms with van der Waals surface area (Å²) in [5.41, 5.74) is 3.88. The van der Waals surface area contributed by atoms with Gasteiger partial charge in [0.05, 0.1) is 0 Å². The lowest BCUT2D eigenvalue weighted by Gasteiger charge is -2.43. The van der Waals surface area contributed by atoms with E-state index in [-0.39, 0.29) is 0 Å². The smallest absolute Gasteiger partial charge is 0.0131 e. The Bertz CT molecular complexity index is 376. The first kappa shape index (κ1) is 8.55. The summed E-state index contributed by atoms with van der Waals surface area (Å²) < 4.78 is 0. The van der Waals surface area contributed by atoms with E-state index in [0.29, 0.717) is 0 Å². The topological polar surface area (TPSA) is 0 Å². The van der Waals surface area contributed by atoms with Crippen molar-refractivity contribution in [2.24, 2.45) is 35.5 Å². The zero-order valence-electron chi connectivity index (χ0n) is 9.86. The summed E-state index contributed by atoms with van der Waals surface area (Å²) in [6.45, 7) is 0. The van der Waals surface area contributed by atoms with Gasteiger partial charge in [-0.1, -0.05) is 23.3 Å². The van der Waals surface area contributed by atoms with E-state index < -0.39 is 0 Å². The molecule has 3 saturated carbocycles. The highest BCUT2D eigenvalue weighted by Gasteiger charge is 2.59. The Kier molecular flexibility index (Phi) is 1.42. The third-order valence-corrected chi connectivity index (χ3v) is 6.31. The van der Waals surface area contributed by atoms with Gasteiger partial charge in [0.2, 0.25) is 0 Å². The fourth-order valence-electron chi connectivity index (χ4n) is 5.39. The summed E-state index contributed by atoms with van der Waals surface area (Å²) in [5, 5.41) is 0. The molecule has 5 aliphatic rings. The summed E-state index contributed by atoms with van der Waals surface area (Å²) in [6.07, 6.45) is 13.9. The predicted octanol–water partition coefficient (Wildman–Crippen LogP) is 3.95. The van der Waals surface area contributed by atoms with E-state index >= 15 is 0 Å². The van der Waals surface area contributed by atoms with E-state index in [2.05, 4.69) is 12.2 Å². The fraction of sp³-hybridized carbons (Fsp3) is 0.750. The van der Waals surface area contributed by atoms with Crippen molar-refractivity contribution < 1.29 is 0 Å². The first-order chi connectivity index (χ1) is 7.92. The average molecular weight is 212 g/mol. The highest BCUT2D eigenvalue weighted by atomic mass is 14.6. The van der Waals surface area contributed by atoms with Gasteiger partial charge in [-0.05, 0) is 74.0 Å². The second-order valence-corrected chi connectivity index (χ2v) is 6.93. The molecule has 0 heteroatoms. The lowest BCUT2D eigenvalue weighted by molar-refractivity contribution is 0.0836. The lowest BCUT2D eigenvalue weighted by Crippen LogP contribution is -2.35. The maximum absolute atomic E-state index is 2.45. The molecule has 16 heavy (non-hydrogen) atoms. The van der Waals surface area contributed by atoms with Crippen molar-refractivity contribution in [3.05, 3.63) is 23.3 Å². The molecule has 0 heterocycles. The summed E-state index contributed by atoms with van der Waals surface area (Å²) in [4.78, 5) is 0. The molecule has 3 fully saturated rings. The highest BCUT2D eigenvalue weighted by molar-refractivity contribution is 5.45. The van der Waals surface area contributed by atoms with Gasteiger partial charge in [-0.3, -0.25) is 0 Å². The van der Waals surface area contributed by atoms with Crippen LogP contribution in [-0.4, -0.2) is 0 Å². The van der Waals surface area contributed by atoms with Crippen LogP contribution in [0.2, 0.25) is 0 Å². The molecular formula is C16H20. The molecule has 0 nitrogen and oxygen atoms in total. The van der Waals surface area contributed by atoms with Gasteiger partial charge in [0, 0.05) is 0 Å². The van der Waals surface area contributed by atoms with Crippen LogP contribution in [0.4, 0.5) is 0 Å². The van der Waals surface area contributed by atoms with Gasteiger partial charge in [0.15, 0.2) is 0 Å². The summed E-state index contributed by atoms with van der Waals surface area (Å²) in [6, 6.07) is 0. The van der Waals surface area contributed by atoms with Crippen molar-refractivity contribution in [1.29, 1.82) is 0 Å². The molecule has 84 valence electrons. The molecular weight excluding hydrogens is 192 g/mol. The Labute approximate surface area is 97.8 Å². The van der Waals surface area contributed by atoms with Crippen LogP contribution in [0.5, 0.6) is 0 Å². The molecule has 0 radical (unpaired) electrons. The Hall–Kier alpha value is -0.520. The molecule has 0 amide bonds. The van der Waals surface area contributed by atoms with Crippen LogP contribution in [-0.2, 0) is 0 Å². The molecule has 5 aliphatic carbocycles. The standard InChI is InChI=1S/C16H20/c1-2-4-10-6-12-11(5-9(10)3-1)13-7-15(13)16-8-14(12)16/h1-2,9-14H,3-8H2/t9?,10?,11?,12?,13-,14+. The molecule has 0 saturated heterocycles. The quantitative estimate of drug-likeness (QED) is 0.533. The number of allylic oxidation sites excluding steroid dienone is 4. The van der Waals surface area contributed by atoms with Gasteiger partial charge in [0.1, 0.15) is 0 Å². The summed E-state index contributed by atoms with van der Waals surface area (Å²) >= 11 is 0. The maximum Gasteiger partial charge on any atom is -0.0131 e. The first-order valence-corrected chi connectivity index (χ1v) is 7.28. The molecule has 6 atom stereocenters. The van der Waals surface area contributed by atoms with Gasteiger partial charge in [-0.15, -0.1) is 0 Å². The van der Waals surface area contributed by atoms with Gasteiger partial charge in [-0.25, -0.2) is 0 Å². The van der Waals surface area contributed by atoms with Crippen molar-refractivity contribution in [2.75, 3.05) is 0 Å². The minimum Gasteiger partial charge on any atom is -0.0882 e. The minimum absolute atomic E-state index is 1.06. The number of fused-ring (bicyclic) bond motifs is 6. The third kappa shape index (κ3) is 0.972. The van der Waals surface area contributed by atoms with E-state index in [1.807, 2.05) is 11.1 Å². The molecule has 0 aromatic heterocycles. The second kappa shape index (κ2) is 2.66. The lowest BCUT2D eigenvalue weighted by atomic mass is 9.61. The number of hydrogen-bond acceptors (Lipinski definition) is 0. The molecule has 4 unspecified atom stereocenters. The zero-order chi connectivity index (χ0) is 10.3. The first-order valence-electron chi connectivity index (χ1n) is 7.28. The van der Waals surface area contributed by atoms with Crippen molar-refractivity contribution in [3.8, 4) is 0 Å². The van der Waals surface area contributed by atoms with Gasteiger partial charge < -0.3 is 0 Å². The SMILES string of the molecule is C1=CCC2CC3C(CC2C1)[C@@H]1CC1=C1C[C@@H]13. The molecule has 0 aromatic carbocycles. The van der Waals surface area contributed by atoms with Gasteiger partial charge >= 0.3 is 0 Å². The van der Waals surface area contributed by atoms with Gasteiger partial charge in [-0.2, -0.15) is 0 Å². The largest absolute Gasteiger partial charge is 0.0882 e. The van der Waals surface area contributed by atoms with Crippen LogP contribution < -0.4 is 0 Å². The van der Waals surface area contributed by atoms with E-state index in [0.717, 1.165) is 35.5 Å². The average Bonchev–Trinajstić information content (AvgIpc) is 3.16. The molecule has 0 spiro atoms. The normalized spacial score (nSPS) is 56.0. The van der Waals surface area contributed by atoms with Crippen LogP contribution in [0, 0.1) is 35.5 Å². The highest BCUT2D eigenvalue weighted by Crippen LogP contribution is 2.69. The monoisotopic (exact) mass is 212 g/mol. The Morgan fingerprint density at radius 3 is 1.75 bits per heavy atom. The van der Waals surface area contributed by atoms with Crippen molar-refractivity contribution in [3.63, 3.8) is 0 Å². The molecule has 0 N–H and O–H groups in total. The molecule has 0 aliphatic heterocycles. The second-order valence-electron chi connectivity index (χ2n) is 6.93. The number of rotatable bonds is 0. The Morgan fingerprint density at radius 2 is 1.25 bits per heavy atom. The van der Waals surface area contributed by atoms with E-state index in [4.69, 9.17) is 0 Å². The third-order valence-electron chi connectivity index (χ3n) is 6.31. The van der Waals surface area contributed by atoms with E-state index in [1.54, 1.807) is 12.8 Å². The fourth-order valence-corrected chi connectivity index (χ4v) is 5.39. The van der Waals surface area contributed by atoms with Crippen LogP contribution >= 0.6 is 0 Å². The van der Waals surface area contributed by atoms with Crippen molar-refractivity contribution in [2.45, 2.75) is 38.5 Å².